The fourth-order valence-corrected chi connectivity index (χ4v) is 3.09. The van der Waals surface area contributed by atoms with Gasteiger partial charge in [-0.3, -0.25) is 5.10 Å². The number of benzene rings is 1. The molecule has 4 heteroatoms. The van der Waals surface area contributed by atoms with Crippen molar-refractivity contribution in [2.75, 3.05) is 19.0 Å². The second kappa shape index (κ2) is 4.76. The monoisotopic (exact) mass is 307 g/mol. The molecule has 0 atom stereocenters. The van der Waals surface area contributed by atoms with E-state index in [9.17, 15) is 0 Å². The first-order chi connectivity index (χ1) is 8.41. The van der Waals surface area contributed by atoms with Gasteiger partial charge in [0, 0.05) is 19.7 Å². The van der Waals surface area contributed by atoms with Crippen molar-refractivity contribution in [1.82, 2.24) is 10.2 Å². The highest BCUT2D eigenvalue weighted by Crippen LogP contribution is 2.36. The lowest BCUT2D eigenvalue weighted by atomic mass is 9.97. The van der Waals surface area contributed by atoms with Crippen LogP contribution < -0.4 is 4.90 Å². The van der Waals surface area contributed by atoms with Gasteiger partial charge in [-0.05, 0) is 47.8 Å². The highest BCUT2D eigenvalue weighted by atomic mass is 79.9. The van der Waals surface area contributed by atoms with Crippen molar-refractivity contribution in [3.63, 3.8) is 0 Å². The van der Waals surface area contributed by atoms with Crippen LogP contribution in [0, 0.1) is 20.8 Å². The van der Waals surface area contributed by atoms with Crippen LogP contribution in [0.25, 0.3) is 11.3 Å². The Morgan fingerprint density at radius 1 is 1.11 bits per heavy atom. The molecule has 0 saturated heterocycles. The lowest BCUT2D eigenvalue weighted by Gasteiger charge is -2.11. The van der Waals surface area contributed by atoms with E-state index in [0.717, 1.165) is 16.0 Å². The van der Waals surface area contributed by atoms with Gasteiger partial charge in [-0.25, -0.2) is 0 Å². The Morgan fingerprint density at radius 3 is 2.11 bits per heavy atom. The molecule has 0 saturated carbocycles. The molecule has 0 bridgehead atoms. The third-order valence-corrected chi connectivity index (χ3v) is 3.79. The highest BCUT2D eigenvalue weighted by Gasteiger charge is 2.17. The molecule has 96 valence electrons. The van der Waals surface area contributed by atoms with Crippen LogP contribution in [0.4, 0.5) is 5.82 Å². The van der Waals surface area contributed by atoms with Crippen molar-refractivity contribution < 1.29 is 0 Å². The number of aromatic nitrogens is 2. The van der Waals surface area contributed by atoms with E-state index in [1.807, 2.05) is 19.0 Å². The minimum Gasteiger partial charge on any atom is -0.360 e. The first-order valence-electron chi connectivity index (χ1n) is 5.91. The molecule has 0 radical (unpaired) electrons. The number of hydrogen-bond donors (Lipinski definition) is 1. The van der Waals surface area contributed by atoms with Crippen LogP contribution >= 0.6 is 15.9 Å². The Hall–Kier alpha value is -1.29. The average molecular weight is 308 g/mol. The molecular weight excluding hydrogens is 290 g/mol. The SMILES string of the molecule is Cc1cc(C)c(-c2[nH]nc(N(C)C)c2Br)c(C)c1. The number of anilines is 1. The van der Waals surface area contributed by atoms with Crippen molar-refractivity contribution in [2.24, 2.45) is 0 Å². The summed E-state index contributed by atoms with van der Waals surface area (Å²) in [5.41, 5.74) is 6.10. The minimum absolute atomic E-state index is 0.921. The van der Waals surface area contributed by atoms with Crippen LogP contribution in [0.1, 0.15) is 16.7 Å². The zero-order chi connectivity index (χ0) is 13.4. The summed E-state index contributed by atoms with van der Waals surface area (Å²) in [4.78, 5) is 1.99. The number of rotatable bonds is 2. The molecule has 0 aliphatic rings. The van der Waals surface area contributed by atoms with E-state index in [1.165, 1.54) is 22.3 Å². The van der Waals surface area contributed by atoms with Gasteiger partial charge in [0.2, 0.25) is 0 Å². The van der Waals surface area contributed by atoms with E-state index in [1.54, 1.807) is 0 Å². The number of H-pyrrole nitrogens is 1. The number of nitrogens with one attached hydrogen (secondary N) is 1. The van der Waals surface area contributed by atoms with Gasteiger partial charge in [0.25, 0.3) is 0 Å². The maximum absolute atomic E-state index is 4.35. The van der Waals surface area contributed by atoms with Gasteiger partial charge in [0.1, 0.15) is 0 Å². The van der Waals surface area contributed by atoms with Crippen molar-refractivity contribution in [3.05, 3.63) is 33.3 Å². The molecule has 1 aromatic carbocycles. The quantitative estimate of drug-likeness (QED) is 0.914. The molecule has 0 aliphatic heterocycles. The van der Waals surface area contributed by atoms with Gasteiger partial charge in [0.15, 0.2) is 5.82 Å². The lowest BCUT2D eigenvalue weighted by molar-refractivity contribution is 1.01. The molecule has 2 rings (SSSR count). The highest BCUT2D eigenvalue weighted by molar-refractivity contribution is 9.10. The van der Waals surface area contributed by atoms with E-state index in [2.05, 4.69) is 59.0 Å². The second-order valence-corrected chi connectivity index (χ2v) is 5.70. The Balaban J connectivity index is 2.63. The molecule has 3 nitrogen and oxygen atoms in total. The second-order valence-electron chi connectivity index (χ2n) is 4.90. The van der Waals surface area contributed by atoms with Crippen molar-refractivity contribution in [2.45, 2.75) is 20.8 Å². The fourth-order valence-electron chi connectivity index (χ4n) is 2.36. The molecule has 1 heterocycles. The van der Waals surface area contributed by atoms with Gasteiger partial charge in [-0.2, -0.15) is 5.10 Å². The summed E-state index contributed by atoms with van der Waals surface area (Å²) in [7, 11) is 3.97. The molecule has 1 aromatic heterocycles. The van der Waals surface area contributed by atoms with Crippen molar-refractivity contribution >= 4 is 21.7 Å². The Labute approximate surface area is 116 Å². The van der Waals surface area contributed by atoms with Crippen molar-refractivity contribution in [3.8, 4) is 11.3 Å². The Kier molecular flexibility index (Phi) is 3.48. The van der Waals surface area contributed by atoms with Crippen LogP contribution in [-0.2, 0) is 0 Å². The molecule has 0 spiro atoms. The molecule has 2 aromatic rings. The molecule has 0 fully saturated rings. The predicted octanol–water partition coefficient (Wildman–Crippen LogP) is 3.83. The van der Waals surface area contributed by atoms with Gasteiger partial charge in [-0.1, -0.05) is 17.7 Å². The third-order valence-electron chi connectivity index (χ3n) is 3.04. The largest absolute Gasteiger partial charge is 0.360 e. The Bertz CT molecular complexity index is 562. The molecule has 0 amide bonds. The molecule has 0 aliphatic carbocycles. The van der Waals surface area contributed by atoms with Crippen LogP contribution in [0.15, 0.2) is 16.6 Å². The predicted molar refractivity (Wildman–Crippen MR) is 80.3 cm³/mol. The zero-order valence-corrected chi connectivity index (χ0v) is 13.0. The van der Waals surface area contributed by atoms with E-state index in [-0.39, 0.29) is 0 Å². The lowest BCUT2D eigenvalue weighted by Crippen LogP contribution is -2.09. The standard InChI is InChI=1S/C14H18BrN3/c1-8-6-9(2)11(10(3)7-8)13-12(15)14(17-16-13)18(4)5/h6-7H,1-5H3,(H,16,17). The zero-order valence-electron chi connectivity index (χ0n) is 11.4. The summed E-state index contributed by atoms with van der Waals surface area (Å²) in [6, 6.07) is 4.40. The Morgan fingerprint density at radius 2 is 1.67 bits per heavy atom. The first-order valence-corrected chi connectivity index (χ1v) is 6.70. The summed E-state index contributed by atoms with van der Waals surface area (Å²) < 4.78 is 1.02. The molecule has 1 N–H and O–H groups in total. The molecule has 0 unspecified atom stereocenters. The normalized spacial score (nSPS) is 10.8. The maximum Gasteiger partial charge on any atom is 0.164 e. The summed E-state index contributed by atoms with van der Waals surface area (Å²) in [5, 5.41) is 7.48. The number of halogens is 1. The van der Waals surface area contributed by atoms with Gasteiger partial charge in [0.05, 0.1) is 10.2 Å². The number of hydrogen-bond acceptors (Lipinski definition) is 2. The van der Waals surface area contributed by atoms with Crippen molar-refractivity contribution in [1.29, 1.82) is 0 Å². The van der Waals surface area contributed by atoms with Gasteiger partial charge >= 0.3 is 0 Å². The topological polar surface area (TPSA) is 31.9 Å². The summed E-state index contributed by atoms with van der Waals surface area (Å²) in [6.07, 6.45) is 0. The number of aromatic amines is 1. The van der Waals surface area contributed by atoms with E-state index in [0.29, 0.717) is 0 Å². The summed E-state index contributed by atoms with van der Waals surface area (Å²) >= 11 is 3.64. The van der Waals surface area contributed by atoms with Crippen LogP contribution in [0.5, 0.6) is 0 Å². The maximum atomic E-state index is 4.35. The summed E-state index contributed by atoms with van der Waals surface area (Å²) in [6.45, 7) is 6.40. The van der Waals surface area contributed by atoms with Gasteiger partial charge in [-0.15, -0.1) is 0 Å². The van der Waals surface area contributed by atoms with E-state index < -0.39 is 0 Å². The van der Waals surface area contributed by atoms with Gasteiger partial charge < -0.3 is 4.90 Å². The van der Waals surface area contributed by atoms with Crippen LogP contribution in [-0.4, -0.2) is 24.3 Å². The number of nitrogens with zero attached hydrogens (tertiary/aromatic N) is 2. The van der Waals surface area contributed by atoms with E-state index in [4.69, 9.17) is 0 Å². The molecular formula is C14H18BrN3. The molecule has 18 heavy (non-hydrogen) atoms. The average Bonchev–Trinajstić information content (AvgIpc) is 2.59. The van der Waals surface area contributed by atoms with Crippen LogP contribution in [0.2, 0.25) is 0 Å². The van der Waals surface area contributed by atoms with E-state index >= 15 is 0 Å². The fraction of sp³-hybridized carbons (Fsp3) is 0.357. The summed E-state index contributed by atoms with van der Waals surface area (Å²) in [5.74, 6) is 0.921. The third kappa shape index (κ3) is 2.17. The number of aryl methyl sites for hydroxylation is 3. The minimum atomic E-state index is 0.921. The smallest absolute Gasteiger partial charge is 0.164 e. The van der Waals surface area contributed by atoms with Crippen LogP contribution in [0.3, 0.4) is 0 Å². The first kappa shape index (κ1) is 13.1.